The molecule has 0 aliphatic rings. The van der Waals surface area contributed by atoms with Gasteiger partial charge in [-0.2, -0.15) is 5.10 Å². The molecule has 4 heteroatoms. The van der Waals surface area contributed by atoms with Crippen molar-refractivity contribution < 1.29 is 9.50 Å². The molecule has 0 bridgehead atoms. The lowest BCUT2D eigenvalue weighted by Crippen LogP contribution is -2.12. The standard InChI is InChI=1S/C10H17FN2O/c1-10(2,3)9-5-7(8(14)6-11)13(4)12-9/h5,8,14H,6H2,1-4H3. The molecular formula is C10H17FN2O. The van der Waals surface area contributed by atoms with Gasteiger partial charge in [0.25, 0.3) is 0 Å². The first-order valence-corrected chi connectivity index (χ1v) is 4.64. The van der Waals surface area contributed by atoms with Gasteiger partial charge >= 0.3 is 0 Å². The first-order chi connectivity index (χ1) is 6.36. The second kappa shape index (κ2) is 3.69. The summed E-state index contributed by atoms with van der Waals surface area (Å²) in [4.78, 5) is 0. The van der Waals surface area contributed by atoms with Gasteiger partial charge in [0.1, 0.15) is 12.8 Å². The van der Waals surface area contributed by atoms with Gasteiger partial charge in [0.2, 0.25) is 0 Å². The average Bonchev–Trinajstić information content (AvgIpc) is 2.45. The molecule has 0 saturated heterocycles. The Hall–Kier alpha value is -0.900. The quantitative estimate of drug-likeness (QED) is 0.789. The van der Waals surface area contributed by atoms with E-state index in [1.165, 1.54) is 4.68 Å². The summed E-state index contributed by atoms with van der Waals surface area (Å²) in [6.45, 7) is 5.31. The molecule has 0 aromatic carbocycles. The normalized spacial score (nSPS) is 14.4. The van der Waals surface area contributed by atoms with Crippen LogP contribution in [0.15, 0.2) is 6.07 Å². The van der Waals surface area contributed by atoms with E-state index in [1.807, 2.05) is 20.8 Å². The van der Waals surface area contributed by atoms with E-state index in [2.05, 4.69) is 5.10 Å². The average molecular weight is 200 g/mol. The Bertz CT molecular complexity index is 314. The lowest BCUT2D eigenvalue weighted by molar-refractivity contribution is 0.133. The summed E-state index contributed by atoms with van der Waals surface area (Å²) < 4.78 is 13.8. The summed E-state index contributed by atoms with van der Waals surface area (Å²) in [6.07, 6.45) is -1.07. The van der Waals surface area contributed by atoms with Crippen molar-refractivity contribution in [3.63, 3.8) is 0 Å². The Morgan fingerprint density at radius 3 is 2.50 bits per heavy atom. The molecule has 1 rings (SSSR count). The number of aryl methyl sites for hydroxylation is 1. The number of nitrogens with zero attached hydrogens (tertiary/aromatic N) is 2. The van der Waals surface area contributed by atoms with Gasteiger partial charge in [0.05, 0.1) is 11.4 Å². The first kappa shape index (κ1) is 11.2. The number of aromatic nitrogens is 2. The molecule has 1 unspecified atom stereocenters. The van der Waals surface area contributed by atoms with Crippen LogP contribution in [0.25, 0.3) is 0 Å². The molecule has 0 saturated carbocycles. The van der Waals surface area contributed by atoms with E-state index in [0.29, 0.717) is 5.69 Å². The summed E-state index contributed by atoms with van der Waals surface area (Å²) in [5.41, 5.74) is 1.31. The van der Waals surface area contributed by atoms with Crippen molar-refractivity contribution >= 4 is 0 Å². The highest BCUT2D eigenvalue weighted by Gasteiger charge is 2.21. The monoisotopic (exact) mass is 200 g/mol. The number of aliphatic hydroxyl groups excluding tert-OH is 1. The fourth-order valence-electron chi connectivity index (χ4n) is 1.24. The van der Waals surface area contributed by atoms with Crippen LogP contribution >= 0.6 is 0 Å². The highest BCUT2D eigenvalue weighted by Crippen LogP contribution is 2.24. The number of hydrogen-bond acceptors (Lipinski definition) is 2. The SMILES string of the molecule is Cn1nc(C(C)(C)C)cc1C(O)CF. The number of hydrogen-bond donors (Lipinski definition) is 1. The van der Waals surface area contributed by atoms with E-state index >= 15 is 0 Å². The molecule has 1 atom stereocenters. The lowest BCUT2D eigenvalue weighted by atomic mass is 9.92. The van der Waals surface area contributed by atoms with Gasteiger partial charge in [-0.05, 0) is 6.07 Å². The molecule has 1 N–H and O–H groups in total. The number of aliphatic hydroxyl groups is 1. The third-order valence-corrected chi connectivity index (χ3v) is 2.17. The Kier molecular flexibility index (Phi) is 2.95. The third kappa shape index (κ3) is 2.12. The van der Waals surface area contributed by atoms with Crippen molar-refractivity contribution in [3.05, 3.63) is 17.5 Å². The largest absolute Gasteiger partial charge is 0.384 e. The van der Waals surface area contributed by atoms with Crippen molar-refractivity contribution in [1.29, 1.82) is 0 Å². The zero-order valence-electron chi connectivity index (χ0n) is 9.08. The van der Waals surface area contributed by atoms with E-state index in [-0.39, 0.29) is 5.41 Å². The third-order valence-electron chi connectivity index (χ3n) is 2.17. The van der Waals surface area contributed by atoms with Gasteiger partial charge in [0.15, 0.2) is 0 Å². The van der Waals surface area contributed by atoms with Crippen LogP contribution < -0.4 is 0 Å². The van der Waals surface area contributed by atoms with Crippen LogP contribution in [0.2, 0.25) is 0 Å². The molecule has 0 aliphatic carbocycles. The number of alkyl halides is 1. The van der Waals surface area contributed by atoms with Crippen molar-refractivity contribution in [2.24, 2.45) is 7.05 Å². The van der Waals surface area contributed by atoms with E-state index in [1.54, 1.807) is 13.1 Å². The topological polar surface area (TPSA) is 38.0 Å². The highest BCUT2D eigenvalue weighted by molar-refractivity contribution is 5.19. The van der Waals surface area contributed by atoms with Gasteiger partial charge in [-0.15, -0.1) is 0 Å². The predicted molar refractivity (Wildman–Crippen MR) is 52.8 cm³/mol. The molecule has 0 aliphatic heterocycles. The van der Waals surface area contributed by atoms with Crippen LogP contribution in [0.1, 0.15) is 38.3 Å². The summed E-state index contributed by atoms with van der Waals surface area (Å²) in [6, 6.07) is 1.75. The van der Waals surface area contributed by atoms with Crippen LogP contribution in [0.5, 0.6) is 0 Å². The fourth-order valence-corrected chi connectivity index (χ4v) is 1.24. The maximum absolute atomic E-state index is 12.3. The molecule has 0 amide bonds. The maximum atomic E-state index is 12.3. The van der Waals surface area contributed by atoms with Crippen molar-refractivity contribution in [3.8, 4) is 0 Å². The predicted octanol–water partition coefficient (Wildman–Crippen LogP) is 1.72. The Morgan fingerprint density at radius 1 is 1.57 bits per heavy atom. The smallest absolute Gasteiger partial charge is 0.124 e. The minimum Gasteiger partial charge on any atom is -0.384 e. The zero-order valence-corrected chi connectivity index (χ0v) is 9.08. The van der Waals surface area contributed by atoms with Gasteiger partial charge in [-0.3, -0.25) is 4.68 Å². The van der Waals surface area contributed by atoms with Crippen LogP contribution in [0.3, 0.4) is 0 Å². The molecule has 14 heavy (non-hydrogen) atoms. The molecule has 1 aromatic rings. The van der Waals surface area contributed by atoms with E-state index in [4.69, 9.17) is 0 Å². The van der Waals surface area contributed by atoms with Crippen molar-refractivity contribution in [2.75, 3.05) is 6.67 Å². The molecule has 0 radical (unpaired) electrons. The van der Waals surface area contributed by atoms with Gasteiger partial charge < -0.3 is 5.11 Å². The Morgan fingerprint density at radius 2 is 2.14 bits per heavy atom. The van der Waals surface area contributed by atoms with Gasteiger partial charge in [-0.25, -0.2) is 4.39 Å². The number of halogens is 1. The second-order valence-corrected chi connectivity index (χ2v) is 4.50. The number of rotatable bonds is 2. The fraction of sp³-hybridized carbons (Fsp3) is 0.700. The molecule has 0 spiro atoms. The Labute approximate surface area is 83.6 Å². The van der Waals surface area contributed by atoms with Gasteiger partial charge in [-0.1, -0.05) is 20.8 Å². The summed E-state index contributed by atoms with van der Waals surface area (Å²) >= 11 is 0. The van der Waals surface area contributed by atoms with Crippen molar-refractivity contribution in [1.82, 2.24) is 9.78 Å². The maximum Gasteiger partial charge on any atom is 0.124 e. The molecule has 80 valence electrons. The molecule has 0 fully saturated rings. The van der Waals surface area contributed by atoms with E-state index < -0.39 is 12.8 Å². The van der Waals surface area contributed by atoms with Crippen LogP contribution in [0, 0.1) is 0 Å². The summed E-state index contributed by atoms with van der Waals surface area (Å²) in [7, 11) is 1.71. The second-order valence-electron chi connectivity index (χ2n) is 4.50. The summed E-state index contributed by atoms with van der Waals surface area (Å²) in [5.74, 6) is 0. The summed E-state index contributed by atoms with van der Waals surface area (Å²) in [5, 5.41) is 13.6. The molecule has 1 heterocycles. The minimum atomic E-state index is -1.07. The van der Waals surface area contributed by atoms with E-state index in [9.17, 15) is 9.50 Å². The highest BCUT2D eigenvalue weighted by atomic mass is 19.1. The van der Waals surface area contributed by atoms with Crippen LogP contribution in [-0.4, -0.2) is 21.6 Å². The molecular weight excluding hydrogens is 183 g/mol. The molecule has 3 nitrogen and oxygen atoms in total. The van der Waals surface area contributed by atoms with Crippen LogP contribution in [0.4, 0.5) is 4.39 Å². The van der Waals surface area contributed by atoms with Gasteiger partial charge in [0, 0.05) is 12.5 Å². The minimum absolute atomic E-state index is 0.0773. The van der Waals surface area contributed by atoms with E-state index in [0.717, 1.165) is 5.69 Å². The first-order valence-electron chi connectivity index (χ1n) is 4.64. The Balaban J connectivity index is 3.05. The molecule has 1 aromatic heterocycles. The lowest BCUT2D eigenvalue weighted by Gasteiger charge is -2.13. The zero-order chi connectivity index (χ0) is 10.9. The van der Waals surface area contributed by atoms with Crippen molar-refractivity contribution in [2.45, 2.75) is 32.3 Å². The van der Waals surface area contributed by atoms with Crippen LogP contribution in [-0.2, 0) is 12.5 Å².